The minimum atomic E-state index is -3.62. The number of rotatable bonds is 12. The van der Waals surface area contributed by atoms with Crippen LogP contribution in [0.1, 0.15) is 128 Å². The zero-order chi connectivity index (χ0) is 64.7. The standard InChI is InChI=1S/C24H24N4O4S.C22H25N3O4S.C20H22N4O4S/c25-23-22-16(15-33(30,31)27-23)6-5-10-21(22)32-14-17-7-3-4-13-28(17)24(29)19-11-12-26-20-9-2-1-8-18(19)20;1-15-7-2-3-10-18(15)22(26)25-12-5-4-9-17(25)13-29-19-11-6-8-16-14-30(27,28)24-21(23)20(16)19;21-19-18-14(13-29(26,27)23-19)6-5-9-17(18)28-12-15-7-2-4-11-24(15)20(25)16-8-1-3-10-22-16/h1-2,5-6,8-12,17H,3-4,7,13-15H2,(H2,25,27);2-3,6-8,10-11,17H,4-5,9,12-14H2,1H3,(H2,23,24);1,3,5-6,8-10,15H,2,4,7,11-13H2,(H2,21,23)/t2*17-;15-/m111/s1. The van der Waals surface area contributed by atoms with Crippen LogP contribution in [0.3, 0.4) is 0 Å². The lowest BCUT2D eigenvalue weighted by atomic mass is 10.00. The quantitative estimate of drug-likeness (QED) is 0.109. The van der Waals surface area contributed by atoms with Crippen molar-refractivity contribution < 1.29 is 53.8 Å². The van der Waals surface area contributed by atoms with Crippen LogP contribution in [-0.4, -0.2) is 143 Å². The average Bonchev–Trinajstić information content (AvgIpc) is 0.849. The molecule has 480 valence electrons. The van der Waals surface area contributed by atoms with Gasteiger partial charge >= 0.3 is 0 Å². The van der Waals surface area contributed by atoms with Crippen molar-refractivity contribution in [1.82, 2.24) is 24.7 Å². The summed E-state index contributed by atoms with van der Waals surface area (Å²) < 4.78 is 100. The number of hydrogen-bond donors (Lipinski definition) is 3. The molecular formula is C66H71N11O12S3. The highest BCUT2D eigenvalue weighted by atomic mass is 32.2. The summed E-state index contributed by atoms with van der Waals surface area (Å²) in [5.41, 5.74) is 24.6. The number of pyridine rings is 2. The summed E-state index contributed by atoms with van der Waals surface area (Å²) in [5.74, 6) is 0.553. The number of hydrogen-bond acceptors (Lipinski definition) is 17. The van der Waals surface area contributed by atoms with E-state index in [0.717, 1.165) is 74.3 Å². The van der Waals surface area contributed by atoms with Crippen molar-refractivity contribution in [2.45, 2.75) is 100 Å². The Morgan fingerprint density at radius 3 is 1.30 bits per heavy atom. The van der Waals surface area contributed by atoms with Crippen molar-refractivity contribution in [3.8, 4) is 17.2 Å². The van der Waals surface area contributed by atoms with Gasteiger partial charge in [-0.25, -0.2) is 25.3 Å². The molecule has 3 fully saturated rings. The minimum absolute atomic E-state index is 0.0173. The molecule has 0 radical (unpaired) electrons. The highest BCUT2D eigenvalue weighted by Gasteiger charge is 2.35. The Morgan fingerprint density at radius 2 is 0.859 bits per heavy atom. The average molecular weight is 1310 g/mol. The minimum Gasteiger partial charge on any atom is -0.491 e. The van der Waals surface area contributed by atoms with E-state index in [9.17, 15) is 39.6 Å². The highest BCUT2D eigenvalue weighted by molar-refractivity contribution is 7.90. The van der Waals surface area contributed by atoms with Gasteiger partial charge in [0.15, 0.2) is 0 Å². The Balaban J connectivity index is 0.000000142. The van der Waals surface area contributed by atoms with Crippen molar-refractivity contribution in [2.75, 3.05) is 39.5 Å². The summed E-state index contributed by atoms with van der Waals surface area (Å²) in [5, 5.41) is 0.831. The van der Waals surface area contributed by atoms with E-state index in [1.807, 2.05) is 70.2 Å². The molecule has 5 aromatic carbocycles. The third-order valence-corrected chi connectivity index (χ3v) is 20.4. The fourth-order valence-corrected chi connectivity index (χ4v) is 15.8. The lowest BCUT2D eigenvalue weighted by molar-refractivity contribution is 0.0518. The molecule has 26 heteroatoms. The van der Waals surface area contributed by atoms with Gasteiger partial charge in [-0.05, 0) is 135 Å². The van der Waals surface area contributed by atoms with Crippen LogP contribution in [0.5, 0.6) is 17.2 Å². The number of nitrogens with two attached hydrogens (primary N) is 3. The van der Waals surface area contributed by atoms with E-state index >= 15 is 0 Å². The molecule has 7 aromatic rings. The number of amides is 3. The van der Waals surface area contributed by atoms with E-state index in [2.05, 4.69) is 23.2 Å². The maximum Gasteiger partial charge on any atom is 0.272 e. The number of amidine groups is 3. The maximum absolute atomic E-state index is 13.5. The smallest absolute Gasteiger partial charge is 0.272 e. The van der Waals surface area contributed by atoms with Gasteiger partial charge in [0.05, 0.1) is 63.2 Å². The number of benzene rings is 5. The zero-order valence-electron chi connectivity index (χ0n) is 50.7. The number of sulfonamides is 3. The van der Waals surface area contributed by atoms with Gasteiger partial charge < -0.3 is 46.1 Å². The lowest BCUT2D eigenvalue weighted by Gasteiger charge is -2.36. The van der Waals surface area contributed by atoms with Crippen LogP contribution in [0, 0.1) is 6.92 Å². The molecule has 3 amide bonds. The Morgan fingerprint density at radius 1 is 0.446 bits per heavy atom. The van der Waals surface area contributed by atoms with Crippen LogP contribution in [0.2, 0.25) is 0 Å². The first-order valence-electron chi connectivity index (χ1n) is 30.5. The number of likely N-dealkylation sites (tertiary alicyclic amines) is 3. The van der Waals surface area contributed by atoms with Gasteiger partial charge in [0.25, 0.3) is 47.8 Å². The first-order chi connectivity index (χ1) is 44.2. The first kappa shape index (κ1) is 64.3. The van der Waals surface area contributed by atoms with E-state index in [-0.39, 0.29) is 83.8 Å². The number of nitrogens with zero attached hydrogens (tertiary/aromatic N) is 8. The molecule has 0 unspecified atom stereocenters. The number of para-hydroxylation sites is 1. The summed E-state index contributed by atoms with van der Waals surface area (Å²) in [6, 6.07) is 37.6. The monoisotopic (exact) mass is 1310 g/mol. The topological polar surface area (TPSA) is 332 Å². The van der Waals surface area contributed by atoms with Crippen molar-refractivity contribution in [3.63, 3.8) is 0 Å². The molecule has 0 spiro atoms. The van der Waals surface area contributed by atoms with Crippen LogP contribution in [0.15, 0.2) is 153 Å². The highest BCUT2D eigenvalue weighted by Crippen LogP contribution is 2.34. The summed E-state index contributed by atoms with van der Waals surface area (Å²) in [7, 11) is -10.8. The Hall–Kier alpha value is -9.27. The Labute approximate surface area is 534 Å². The summed E-state index contributed by atoms with van der Waals surface area (Å²) in [6.07, 6.45) is 11.6. The zero-order valence-corrected chi connectivity index (χ0v) is 53.1. The van der Waals surface area contributed by atoms with E-state index in [1.54, 1.807) is 91.3 Å². The van der Waals surface area contributed by atoms with Crippen molar-refractivity contribution in [1.29, 1.82) is 0 Å². The predicted octanol–water partition coefficient (Wildman–Crippen LogP) is 7.18. The van der Waals surface area contributed by atoms with Gasteiger partial charge in [-0.15, -0.1) is 13.2 Å². The fourth-order valence-electron chi connectivity index (χ4n) is 12.5. The van der Waals surface area contributed by atoms with Gasteiger partial charge in [0.2, 0.25) is 0 Å². The number of fused-ring (bicyclic) bond motifs is 4. The third kappa shape index (κ3) is 14.7. The summed E-state index contributed by atoms with van der Waals surface area (Å²) in [6.45, 7) is 4.82. The molecule has 6 N–H and O–H groups in total. The van der Waals surface area contributed by atoms with Crippen LogP contribution in [0.25, 0.3) is 10.9 Å². The maximum atomic E-state index is 13.5. The number of ether oxygens (including phenoxy) is 3. The molecule has 8 heterocycles. The largest absolute Gasteiger partial charge is 0.491 e. The molecule has 92 heavy (non-hydrogen) atoms. The second-order valence-corrected chi connectivity index (χ2v) is 28.2. The van der Waals surface area contributed by atoms with E-state index < -0.39 is 30.1 Å². The number of carbonyl (C=O) groups is 3. The molecule has 13 rings (SSSR count). The van der Waals surface area contributed by atoms with Gasteiger partial charge in [-0.3, -0.25) is 24.4 Å². The molecule has 2 aromatic heterocycles. The van der Waals surface area contributed by atoms with E-state index in [1.165, 1.54) is 0 Å². The lowest BCUT2D eigenvalue weighted by Crippen LogP contribution is -2.47. The van der Waals surface area contributed by atoms with Gasteiger partial charge in [-0.1, -0.05) is 78.9 Å². The third-order valence-electron chi connectivity index (χ3n) is 16.9. The van der Waals surface area contributed by atoms with Crippen molar-refractivity contribution in [2.24, 2.45) is 30.4 Å². The van der Waals surface area contributed by atoms with Gasteiger partial charge in [-0.2, -0.15) is 0 Å². The SMILES string of the molecule is Cc1ccccc1C(=O)N1CCCC[C@@H]1COc1cccc2c1C(N)=NS(=O)(=O)C2.NC1=NS(=O)(=O)Cc2cccc(OC[C@H]3CCCCN3C(=O)c3ccccn3)c21.NC1=NS(=O)(=O)Cc2cccc(OC[C@H]3CCCCN3C(=O)c3ccnc4ccccc34)c21. The molecule has 23 nitrogen and oxygen atoms in total. The van der Waals surface area contributed by atoms with Crippen molar-refractivity contribution in [3.05, 3.63) is 196 Å². The second kappa shape index (κ2) is 27.7. The second-order valence-electron chi connectivity index (χ2n) is 23.3. The van der Waals surface area contributed by atoms with Crippen molar-refractivity contribution >= 4 is 76.2 Å². The van der Waals surface area contributed by atoms with Crippen LogP contribution in [-0.2, 0) is 47.3 Å². The molecule has 0 aliphatic carbocycles. The van der Waals surface area contributed by atoms with Crippen LogP contribution < -0.4 is 31.4 Å². The van der Waals surface area contributed by atoms with Crippen LogP contribution in [0.4, 0.5) is 0 Å². The number of aryl methyl sites for hydroxylation is 1. The number of piperidine rings is 3. The molecule has 0 bridgehead atoms. The normalized spacial score (nSPS) is 20.1. The number of aromatic nitrogens is 2. The Kier molecular flexibility index (Phi) is 19.3. The predicted molar refractivity (Wildman–Crippen MR) is 349 cm³/mol. The molecule has 6 aliphatic heterocycles. The Bertz CT molecular complexity index is 4410. The van der Waals surface area contributed by atoms with E-state index in [0.29, 0.717) is 93.7 Å². The van der Waals surface area contributed by atoms with Gasteiger partial charge in [0.1, 0.15) is 60.3 Å². The molecule has 6 aliphatic rings. The van der Waals surface area contributed by atoms with E-state index in [4.69, 9.17) is 31.4 Å². The number of carbonyl (C=O) groups excluding carboxylic acids is 3. The summed E-state index contributed by atoms with van der Waals surface area (Å²) >= 11 is 0. The van der Waals surface area contributed by atoms with Crippen LogP contribution >= 0.6 is 0 Å². The molecule has 3 saturated heterocycles. The fraction of sp³-hybridized carbons (Fsp3) is 0.333. The van der Waals surface area contributed by atoms with Gasteiger partial charge in [0, 0.05) is 43.0 Å². The molecule has 0 saturated carbocycles. The molecule has 3 atom stereocenters. The molecular weight excluding hydrogens is 1230 g/mol. The first-order valence-corrected chi connectivity index (χ1v) is 35.3. The summed E-state index contributed by atoms with van der Waals surface area (Å²) in [4.78, 5) is 53.7.